The second kappa shape index (κ2) is 5.64. The Morgan fingerprint density at radius 2 is 2.05 bits per heavy atom. The molecule has 0 heterocycles. The number of hydrogen-bond donors (Lipinski definition) is 2. The van der Waals surface area contributed by atoms with Crippen molar-refractivity contribution in [2.24, 2.45) is 11.8 Å². The zero-order valence-corrected chi connectivity index (χ0v) is 12.1. The lowest BCUT2D eigenvalue weighted by atomic mass is 9.78. The molecule has 1 saturated carbocycles. The van der Waals surface area contributed by atoms with Gasteiger partial charge in [-0.1, -0.05) is 26.7 Å². The van der Waals surface area contributed by atoms with Gasteiger partial charge in [-0.3, -0.25) is 4.79 Å². The van der Waals surface area contributed by atoms with Crippen LogP contribution in [0.25, 0.3) is 0 Å². The molecule has 3 N–H and O–H groups in total. The van der Waals surface area contributed by atoms with Crippen LogP contribution < -0.4 is 11.1 Å². The quantitative estimate of drug-likeness (QED) is 0.803. The van der Waals surface area contributed by atoms with E-state index in [9.17, 15) is 4.79 Å². The zero-order chi connectivity index (χ0) is 14.0. The molecule has 1 amide bonds. The third-order valence-corrected chi connectivity index (χ3v) is 4.52. The maximum absolute atomic E-state index is 12.3. The van der Waals surface area contributed by atoms with Gasteiger partial charge in [-0.25, -0.2) is 0 Å². The fourth-order valence-corrected chi connectivity index (χ4v) is 2.97. The van der Waals surface area contributed by atoms with Crippen molar-refractivity contribution in [1.29, 1.82) is 0 Å². The largest absolute Gasteiger partial charge is 0.399 e. The van der Waals surface area contributed by atoms with Crippen LogP contribution >= 0.6 is 0 Å². The van der Waals surface area contributed by atoms with Gasteiger partial charge in [0.25, 0.3) is 5.91 Å². The van der Waals surface area contributed by atoms with Crippen LogP contribution in [0.3, 0.4) is 0 Å². The average Bonchev–Trinajstić information content (AvgIpc) is 2.34. The molecule has 1 aromatic carbocycles. The van der Waals surface area contributed by atoms with Crippen molar-refractivity contribution < 1.29 is 4.79 Å². The number of carbonyl (C=O) groups excluding carboxylic acids is 1. The first kappa shape index (κ1) is 13.9. The number of anilines is 1. The highest BCUT2D eigenvalue weighted by molar-refractivity contribution is 5.96. The van der Waals surface area contributed by atoms with E-state index in [-0.39, 0.29) is 5.91 Å². The Balaban J connectivity index is 2.08. The van der Waals surface area contributed by atoms with E-state index in [0.717, 1.165) is 17.5 Å². The van der Waals surface area contributed by atoms with Crippen LogP contribution in [0.2, 0.25) is 0 Å². The number of nitrogen functional groups attached to an aromatic ring is 1. The summed E-state index contributed by atoms with van der Waals surface area (Å²) in [5, 5.41) is 3.20. The molecule has 3 atom stereocenters. The number of nitrogens with one attached hydrogen (secondary N) is 1. The van der Waals surface area contributed by atoms with E-state index in [4.69, 9.17) is 5.73 Å². The van der Waals surface area contributed by atoms with E-state index >= 15 is 0 Å². The average molecular weight is 260 g/mol. The summed E-state index contributed by atoms with van der Waals surface area (Å²) in [7, 11) is 0. The van der Waals surface area contributed by atoms with E-state index in [1.54, 1.807) is 6.07 Å². The molecule has 0 saturated heterocycles. The van der Waals surface area contributed by atoms with Gasteiger partial charge in [-0.15, -0.1) is 0 Å². The van der Waals surface area contributed by atoms with Crippen molar-refractivity contribution in [1.82, 2.24) is 5.32 Å². The molecule has 0 bridgehead atoms. The fourth-order valence-electron chi connectivity index (χ4n) is 2.97. The SMILES string of the molecule is Cc1cc(N)ccc1C(=O)NC1CCCC(C)C1C. The maximum Gasteiger partial charge on any atom is 0.251 e. The number of nitrogens with two attached hydrogens (primary N) is 1. The molecule has 0 aliphatic heterocycles. The molecule has 19 heavy (non-hydrogen) atoms. The molecule has 3 nitrogen and oxygen atoms in total. The van der Waals surface area contributed by atoms with E-state index in [1.165, 1.54) is 12.8 Å². The molecular formula is C16H24N2O. The van der Waals surface area contributed by atoms with Crippen LogP contribution in [0.1, 0.15) is 49.0 Å². The van der Waals surface area contributed by atoms with Gasteiger partial charge < -0.3 is 11.1 Å². The lowest BCUT2D eigenvalue weighted by Crippen LogP contribution is -2.43. The van der Waals surface area contributed by atoms with E-state index < -0.39 is 0 Å². The van der Waals surface area contributed by atoms with Gasteiger partial charge in [0.2, 0.25) is 0 Å². The van der Waals surface area contributed by atoms with Crippen molar-refractivity contribution in [2.45, 2.75) is 46.1 Å². The predicted molar refractivity (Wildman–Crippen MR) is 79.0 cm³/mol. The lowest BCUT2D eigenvalue weighted by Gasteiger charge is -2.34. The van der Waals surface area contributed by atoms with Crippen LogP contribution in [0.15, 0.2) is 18.2 Å². The Kier molecular flexibility index (Phi) is 4.13. The normalized spacial score (nSPS) is 27.0. The summed E-state index contributed by atoms with van der Waals surface area (Å²) in [5.74, 6) is 1.27. The Morgan fingerprint density at radius 1 is 1.32 bits per heavy atom. The number of hydrogen-bond acceptors (Lipinski definition) is 2. The second-order valence-electron chi connectivity index (χ2n) is 5.92. The minimum absolute atomic E-state index is 0.0310. The van der Waals surface area contributed by atoms with Gasteiger partial charge in [0.05, 0.1) is 0 Å². The number of rotatable bonds is 2. The van der Waals surface area contributed by atoms with Crippen molar-refractivity contribution in [3.8, 4) is 0 Å². The molecule has 0 aromatic heterocycles. The number of amides is 1. The van der Waals surface area contributed by atoms with Crippen LogP contribution in [-0.2, 0) is 0 Å². The minimum atomic E-state index is 0.0310. The monoisotopic (exact) mass is 260 g/mol. The third kappa shape index (κ3) is 3.09. The lowest BCUT2D eigenvalue weighted by molar-refractivity contribution is 0.0890. The molecular weight excluding hydrogens is 236 g/mol. The molecule has 3 heteroatoms. The summed E-state index contributed by atoms with van der Waals surface area (Å²) < 4.78 is 0. The summed E-state index contributed by atoms with van der Waals surface area (Å²) in [6.45, 7) is 6.44. The number of carbonyl (C=O) groups is 1. The highest BCUT2D eigenvalue weighted by atomic mass is 16.1. The van der Waals surface area contributed by atoms with Crippen molar-refractivity contribution in [3.63, 3.8) is 0 Å². The van der Waals surface area contributed by atoms with E-state index in [0.29, 0.717) is 23.6 Å². The molecule has 1 aromatic rings. The van der Waals surface area contributed by atoms with Crippen molar-refractivity contribution in [3.05, 3.63) is 29.3 Å². The molecule has 0 spiro atoms. The highest BCUT2D eigenvalue weighted by Crippen LogP contribution is 2.29. The molecule has 104 valence electrons. The summed E-state index contributed by atoms with van der Waals surface area (Å²) in [5.41, 5.74) is 8.10. The van der Waals surface area contributed by atoms with Gasteiger partial charge in [-0.05, 0) is 48.9 Å². The standard InChI is InChI=1S/C16H24N2O/c1-10-5-4-6-15(12(10)3)18-16(19)14-8-7-13(17)9-11(14)2/h7-10,12,15H,4-6,17H2,1-3H3,(H,18,19). The fraction of sp³-hybridized carbons (Fsp3) is 0.562. The van der Waals surface area contributed by atoms with Gasteiger partial charge in [0.15, 0.2) is 0 Å². The molecule has 0 radical (unpaired) electrons. The Labute approximate surface area is 115 Å². The zero-order valence-electron chi connectivity index (χ0n) is 12.1. The van der Waals surface area contributed by atoms with Gasteiger partial charge >= 0.3 is 0 Å². The Bertz CT molecular complexity index is 470. The first-order valence-electron chi connectivity index (χ1n) is 7.16. The summed E-state index contributed by atoms with van der Waals surface area (Å²) >= 11 is 0. The summed E-state index contributed by atoms with van der Waals surface area (Å²) in [6.07, 6.45) is 3.57. The third-order valence-electron chi connectivity index (χ3n) is 4.52. The van der Waals surface area contributed by atoms with Crippen LogP contribution in [0, 0.1) is 18.8 Å². The topological polar surface area (TPSA) is 55.1 Å². The Hall–Kier alpha value is -1.51. The van der Waals surface area contributed by atoms with Crippen molar-refractivity contribution in [2.75, 3.05) is 5.73 Å². The minimum Gasteiger partial charge on any atom is -0.399 e. The van der Waals surface area contributed by atoms with E-state index in [2.05, 4.69) is 19.2 Å². The molecule has 1 aliphatic rings. The van der Waals surface area contributed by atoms with Crippen molar-refractivity contribution >= 4 is 11.6 Å². The molecule has 2 rings (SSSR count). The molecule has 1 fully saturated rings. The number of benzene rings is 1. The van der Waals surface area contributed by atoms with Crippen LogP contribution in [0.5, 0.6) is 0 Å². The first-order chi connectivity index (χ1) is 8.99. The molecule has 1 aliphatic carbocycles. The van der Waals surface area contributed by atoms with E-state index in [1.807, 2.05) is 19.1 Å². The van der Waals surface area contributed by atoms with Gasteiger partial charge in [-0.2, -0.15) is 0 Å². The number of aryl methyl sites for hydroxylation is 1. The van der Waals surface area contributed by atoms with Gasteiger partial charge in [0.1, 0.15) is 0 Å². The summed E-state index contributed by atoms with van der Waals surface area (Å²) in [6, 6.07) is 5.75. The maximum atomic E-state index is 12.3. The van der Waals surface area contributed by atoms with Gasteiger partial charge in [0, 0.05) is 17.3 Å². The highest BCUT2D eigenvalue weighted by Gasteiger charge is 2.28. The second-order valence-corrected chi connectivity index (χ2v) is 5.92. The smallest absolute Gasteiger partial charge is 0.251 e. The van der Waals surface area contributed by atoms with Crippen LogP contribution in [0.4, 0.5) is 5.69 Å². The van der Waals surface area contributed by atoms with Crippen LogP contribution in [-0.4, -0.2) is 11.9 Å². The molecule has 3 unspecified atom stereocenters. The summed E-state index contributed by atoms with van der Waals surface area (Å²) in [4.78, 5) is 12.3. The predicted octanol–water partition coefficient (Wildman–Crippen LogP) is 3.13. The Morgan fingerprint density at radius 3 is 2.74 bits per heavy atom. The first-order valence-corrected chi connectivity index (χ1v) is 7.16.